The van der Waals surface area contributed by atoms with E-state index in [4.69, 9.17) is 10.8 Å². The lowest BCUT2D eigenvalue weighted by atomic mass is 10.1. The number of aliphatic hydroxyl groups excluding tert-OH is 1. The Hall–Kier alpha value is -1.55. The summed E-state index contributed by atoms with van der Waals surface area (Å²) in [5.74, 6) is 0.452. The molecular weight excluding hydrogens is 214 g/mol. The Morgan fingerprint density at radius 2 is 2.06 bits per heavy atom. The Balaban J connectivity index is 1.78. The van der Waals surface area contributed by atoms with Crippen LogP contribution in [0, 0.1) is 5.41 Å². The molecule has 0 spiro atoms. The third-order valence-electron chi connectivity index (χ3n) is 3.21. The maximum Gasteiger partial charge on any atom is 0.188 e. The van der Waals surface area contributed by atoms with Crippen molar-refractivity contribution in [1.29, 1.82) is 0 Å². The standard InChI is InChI=1S/C13H19N3O/c14-12(16-9-13(10-17)6-7-13)15-8-11-4-2-1-3-5-11/h1-5,17H,6-10H2,(H3,14,15,16). The summed E-state index contributed by atoms with van der Waals surface area (Å²) >= 11 is 0. The van der Waals surface area contributed by atoms with Crippen LogP contribution in [-0.2, 0) is 6.54 Å². The van der Waals surface area contributed by atoms with Crippen LogP contribution in [0.4, 0.5) is 0 Å². The number of aliphatic hydroxyl groups is 1. The number of nitrogens with two attached hydrogens (primary N) is 1. The second-order valence-corrected chi connectivity index (χ2v) is 4.70. The fourth-order valence-corrected chi connectivity index (χ4v) is 1.66. The summed E-state index contributed by atoms with van der Waals surface area (Å²) in [6.45, 7) is 1.53. The van der Waals surface area contributed by atoms with Crippen LogP contribution in [0.2, 0.25) is 0 Å². The molecule has 1 saturated carbocycles. The molecule has 0 aromatic heterocycles. The molecule has 1 aromatic rings. The second-order valence-electron chi connectivity index (χ2n) is 4.70. The predicted octanol–water partition coefficient (Wildman–Crippen LogP) is 0.863. The van der Waals surface area contributed by atoms with Crippen molar-refractivity contribution in [2.45, 2.75) is 19.4 Å². The molecule has 4 N–H and O–H groups in total. The zero-order chi connectivity index (χ0) is 12.1. The highest BCUT2D eigenvalue weighted by molar-refractivity contribution is 5.77. The predicted molar refractivity (Wildman–Crippen MR) is 68.5 cm³/mol. The SMILES string of the molecule is NC(=NCc1ccccc1)NCC1(CO)CC1. The highest BCUT2D eigenvalue weighted by Crippen LogP contribution is 2.44. The minimum Gasteiger partial charge on any atom is -0.396 e. The van der Waals surface area contributed by atoms with Crippen molar-refractivity contribution in [3.8, 4) is 0 Å². The highest BCUT2D eigenvalue weighted by Gasteiger charge is 2.41. The van der Waals surface area contributed by atoms with Gasteiger partial charge in [-0.2, -0.15) is 0 Å². The zero-order valence-electron chi connectivity index (χ0n) is 9.89. The Labute approximate surface area is 102 Å². The molecule has 4 nitrogen and oxygen atoms in total. The summed E-state index contributed by atoms with van der Waals surface area (Å²) in [7, 11) is 0. The van der Waals surface area contributed by atoms with Crippen LogP contribution in [0.25, 0.3) is 0 Å². The van der Waals surface area contributed by atoms with Gasteiger partial charge >= 0.3 is 0 Å². The van der Waals surface area contributed by atoms with E-state index in [0.717, 1.165) is 18.4 Å². The van der Waals surface area contributed by atoms with Gasteiger partial charge in [0.1, 0.15) is 0 Å². The average molecular weight is 233 g/mol. The summed E-state index contributed by atoms with van der Waals surface area (Å²) in [5.41, 5.74) is 6.97. The maximum absolute atomic E-state index is 9.16. The Morgan fingerprint density at radius 3 is 2.65 bits per heavy atom. The van der Waals surface area contributed by atoms with Gasteiger partial charge in [-0.05, 0) is 18.4 Å². The largest absolute Gasteiger partial charge is 0.396 e. The molecule has 1 aliphatic rings. The van der Waals surface area contributed by atoms with E-state index in [2.05, 4.69) is 10.3 Å². The lowest BCUT2D eigenvalue weighted by molar-refractivity contribution is 0.212. The van der Waals surface area contributed by atoms with Crippen LogP contribution in [0.1, 0.15) is 18.4 Å². The van der Waals surface area contributed by atoms with Gasteiger partial charge in [-0.15, -0.1) is 0 Å². The highest BCUT2D eigenvalue weighted by atomic mass is 16.3. The average Bonchev–Trinajstić information content (AvgIpc) is 3.16. The third-order valence-corrected chi connectivity index (χ3v) is 3.21. The van der Waals surface area contributed by atoms with Crippen molar-refractivity contribution in [2.24, 2.45) is 16.1 Å². The van der Waals surface area contributed by atoms with Crippen LogP contribution < -0.4 is 11.1 Å². The number of nitrogens with one attached hydrogen (secondary N) is 1. The zero-order valence-corrected chi connectivity index (χ0v) is 9.89. The molecule has 2 rings (SSSR count). The molecule has 92 valence electrons. The monoisotopic (exact) mass is 233 g/mol. The van der Waals surface area contributed by atoms with Crippen molar-refractivity contribution < 1.29 is 5.11 Å². The van der Waals surface area contributed by atoms with E-state index >= 15 is 0 Å². The van der Waals surface area contributed by atoms with Gasteiger partial charge in [0.25, 0.3) is 0 Å². The number of guanidine groups is 1. The quantitative estimate of drug-likeness (QED) is 0.522. The molecule has 1 fully saturated rings. The first kappa shape index (κ1) is 11.9. The fourth-order valence-electron chi connectivity index (χ4n) is 1.66. The third kappa shape index (κ3) is 3.46. The smallest absolute Gasteiger partial charge is 0.188 e. The van der Waals surface area contributed by atoms with E-state index in [-0.39, 0.29) is 12.0 Å². The summed E-state index contributed by atoms with van der Waals surface area (Å²) < 4.78 is 0. The molecule has 0 unspecified atom stereocenters. The number of aliphatic imine (C=N–C) groups is 1. The topological polar surface area (TPSA) is 70.6 Å². The van der Waals surface area contributed by atoms with Crippen LogP contribution in [0.5, 0.6) is 0 Å². The van der Waals surface area contributed by atoms with Crippen LogP contribution in [0.3, 0.4) is 0 Å². The molecule has 0 heterocycles. The van der Waals surface area contributed by atoms with Crippen molar-refractivity contribution >= 4 is 5.96 Å². The lowest BCUT2D eigenvalue weighted by Crippen LogP contribution is -2.37. The first-order chi connectivity index (χ1) is 8.24. The van der Waals surface area contributed by atoms with Gasteiger partial charge in [-0.1, -0.05) is 30.3 Å². The number of benzene rings is 1. The first-order valence-electron chi connectivity index (χ1n) is 5.93. The van der Waals surface area contributed by atoms with E-state index in [9.17, 15) is 0 Å². The normalized spacial score (nSPS) is 17.8. The van der Waals surface area contributed by atoms with Crippen molar-refractivity contribution in [2.75, 3.05) is 13.2 Å². The number of nitrogens with zero attached hydrogens (tertiary/aromatic N) is 1. The molecular formula is C13H19N3O. The molecule has 0 saturated heterocycles. The molecule has 0 atom stereocenters. The molecule has 1 aromatic carbocycles. The fraction of sp³-hybridized carbons (Fsp3) is 0.462. The number of rotatable bonds is 5. The Kier molecular flexibility index (Phi) is 3.64. The van der Waals surface area contributed by atoms with Gasteiger partial charge in [-0.3, -0.25) is 0 Å². The van der Waals surface area contributed by atoms with Crippen molar-refractivity contribution in [3.05, 3.63) is 35.9 Å². The summed E-state index contributed by atoms with van der Waals surface area (Å²) in [6, 6.07) is 9.99. The van der Waals surface area contributed by atoms with Gasteiger partial charge in [0.2, 0.25) is 0 Å². The summed E-state index contributed by atoms with van der Waals surface area (Å²) in [5, 5.41) is 12.2. The summed E-state index contributed by atoms with van der Waals surface area (Å²) in [4.78, 5) is 4.26. The summed E-state index contributed by atoms with van der Waals surface area (Å²) in [6.07, 6.45) is 2.14. The van der Waals surface area contributed by atoms with Gasteiger partial charge in [0.05, 0.1) is 13.2 Å². The van der Waals surface area contributed by atoms with Gasteiger partial charge in [0, 0.05) is 12.0 Å². The van der Waals surface area contributed by atoms with Crippen LogP contribution in [0.15, 0.2) is 35.3 Å². The van der Waals surface area contributed by atoms with Gasteiger partial charge in [0.15, 0.2) is 5.96 Å². The minimum absolute atomic E-state index is 0.0624. The molecule has 0 bridgehead atoms. The van der Waals surface area contributed by atoms with E-state index in [1.807, 2.05) is 30.3 Å². The second kappa shape index (κ2) is 5.19. The van der Waals surface area contributed by atoms with Gasteiger partial charge in [-0.25, -0.2) is 4.99 Å². The minimum atomic E-state index is 0.0624. The van der Waals surface area contributed by atoms with Crippen LogP contribution in [-0.4, -0.2) is 24.2 Å². The Morgan fingerprint density at radius 1 is 1.35 bits per heavy atom. The number of hydrogen-bond acceptors (Lipinski definition) is 2. The number of hydrogen-bond donors (Lipinski definition) is 3. The van der Waals surface area contributed by atoms with E-state index < -0.39 is 0 Å². The van der Waals surface area contributed by atoms with Crippen LogP contribution >= 0.6 is 0 Å². The molecule has 17 heavy (non-hydrogen) atoms. The maximum atomic E-state index is 9.16. The Bertz CT molecular complexity index is 385. The molecule has 0 amide bonds. The molecule has 0 aliphatic heterocycles. The molecule has 1 aliphatic carbocycles. The molecule has 4 heteroatoms. The van der Waals surface area contributed by atoms with Gasteiger partial charge < -0.3 is 16.2 Å². The first-order valence-corrected chi connectivity index (χ1v) is 5.93. The van der Waals surface area contributed by atoms with Crippen molar-refractivity contribution in [3.63, 3.8) is 0 Å². The van der Waals surface area contributed by atoms with E-state index in [1.165, 1.54) is 0 Å². The van der Waals surface area contributed by atoms with Crippen molar-refractivity contribution in [1.82, 2.24) is 5.32 Å². The molecule has 0 radical (unpaired) electrons. The lowest BCUT2D eigenvalue weighted by Gasteiger charge is -2.12. The van der Waals surface area contributed by atoms with E-state index in [1.54, 1.807) is 0 Å². The van der Waals surface area contributed by atoms with E-state index in [0.29, 0.717) is 19.0 Å².